The lowest BCUT2D eigenvalue weighted by atomic mass is 9.88. The summed E-state index contributed by atoms with van der Waals surface area (Å²) in [5.41, 5.74) is 0.724. The Morgan fingerprint density at radius 3 is 2.25 bits per heavy atom. The maximum atomic E-state index is 14.4. The Balaban J connectivity index is 1.65. The van der Waals surface area contributed by atoms with Gasteiger partial charge in [-0.25, -0.2) is 19.1 Å². The van der Waals surface area contributed by atoms with Crippen LogP contribution in [-0.4, -0.2) is 29.0 Å². The fraction of sp³-hybridized carbons (Fsp3) is 0.125. The highest BCUT2D eigenvalue weighted by molar-refractivity contribution is 6.24. The van der Waals surface area contributed by atoms with Crippen LogP contribution in [0.15, 0.2) is 78.9 Å². The Bertz CT molecular complexity index is 1230. The monoisotopic (exact) mass is 432 g/mol. The number of nitrogens with zero attached hydrogens (tertiary/aromatic N) is 2. The van der Waals surface area contributed by atoms with Crippen LogP contribution in [-0.2, 0) is 14.4 Å². The van der Waals surface area contributed by atoms with Gasteiger partial charge in [0.05, 0.1) is 23.0 Å². The third-order valence-electron chi connectivity index (χ3n) is 5.73. The number of hydroxylamine groups is 1. The van der Waals surface area contributed by atoms with E-state index in [1.807, 2.05) is 0 Å². The SMILES string of the molecule is O=C(O)c1ccccc1[C@@H]1[C@H]2C(=O)N(c3ccccc3F)C(=O)[C@H]2ON1c1ccccc1. The van der Waals surface area contributed by atoms with Gasteiger partial charge in [-0.05, 0) is 35.9 Å². The number of halogens is 1. The summed E-state index contributed by atoms with van der Waals surface area (Å²) in [4.78, 5) is 45.3. The van der Waals surface area contributed by atoms with Gasteiger partial charge >= 0.3 is 5.97 Å². The summed E-state index contributed by atoms with van der Waals surface area (Å²) < 4.78 is 14.4. The van der Waals surface area contributed by atoms with Gasteiger partial charge in [0.25, 0.3) is 5.91 Å². The van der Waals surface area contributed by atoms with E-state index in [-0.39, 0.29) is 11.3 Å². The van der Waals surface area contributed by atoms with Gasteiger partial charge in [0.2, 0.25) is 5.91 Å². The van der Waals surface area contributed by atoms with E-state index >= 15 is 0 Å². The van der Waals surface area contributed by atoms with E-state index in [1.54, 1.807) is 48.5 Å². The molecule has 0 radical (unpaired) electrons. The zero-order chi connectivity index (χ0) is 22.4. The van der Waals surface area contributed by atoms with Gasteiger partial charge < -0.3 is 5.11 Å². The number of imide groups is 1. The third-order valence-corrected chi connectivity index (χ3v) is 5.73. The Morgan fingerprint density at radius 2 is 1.53 bits per heavy atom. The highest BCUT2D eigenvalue weighted by atomic mass is 19.1. The molecule has 3 aromatic carbocycles. The lowest BCUT2D eigenvalue weighted by Crippen LogP contribution is -2.38. The first kappa shape index (κ1) is 19.9. The van der Waals surface area contributed by atoms with Crippen molar-refractivity contribution in [1.82, 2.24) is 0 Å². The van der Waals surface area contributed by atoms with Crippen molar-refractivity contribution in [2.24, 2.45) is 5.92 Å². The predicted octanol–water partition coefficient (Wildman–Crippen LogP) is 3.58. The van der Waals surface area contributed by atoms with Crippen LogP contribution < -0.4 is 9.96 Å². The maximum absolute atomic E-state index is 14.4. The third kappa shape index (κ3) is 2.96. The molecule has 8 heteroatoms. The molecule has 2 amide bonds. The van der Waals surface area contributed by atoms with Crippen molar-refractivity contribution in [3.63, 3.8) is 0 Å². The molecule has 3 atom stereocenters. The number of para-hydroxylation sites is 2. The molecule has 0 bridgehead atoms. The number of amides is 2. The zero-order valence-corrected chi connectivity index (χ0v) is 16.6. The number of hydrogen-bond donors (Lipinski definition) is 1. The highest BCUT2D eigenvalue weighted by Crippen LogP contribution is 2.48. The lowest BCUT2D eigenvalue weighted by molar-refractivity contribution is -0.126. The smallest absolute Gasteiger partial charge is 0.336 e. The summed E-state index contributed by atoms with van der Waals surface area (Å²) in [5, 5.41) is 11.1. The molecule has 3 aromatic rings. The average molecular weight is 432 g/mol. The molecule has 2 heterocycles. The Morgan fingerprint density at radius 1 is 0.875 bits per heavy atom. The number of hydrogen-bond acceptors (Lipinski definition) is 5. The van der Waals surface area contributed by atoms with Gasteiger partial charge in [-0.15, -0.1) is 0 Å². The molecule has 2 saturated heterocycles. The van der Waals surface area contributed by atoms with E-state index in [1.165, 1.54) is 35.4 Å². The van der Waals surface area contributed by atoms with E-state index in [2.05, 4.69) is 0 Å². The molecule has 7 nitrogen and oxygen atoms in total. The van der Waals surface area contributed by atoms with Gasteiger partial charge in [-0.2, -0.15) is 0 Å². The van der Waals surface area contributed by atoms with Crippen molar-refractivity contribution in [2.75, 3.05) is 9.96 Å². The summed E-state index contributed by atoms with van der Waals surface area (Å²) in [6.45, 7) is 0. The van der Waals surface area contributed by atoms with Crippen molar-refractivity contribution >= 4 is 29.2 Å². The molecule has 32 heavy (non-hydrogen) atoms. The van der Waals surface area contributed by atoms with Crippen LogP contribution in [0.3, 0.4) is 0 Å². The molecule has 2 fully saturated rings. The number of carboxylic acid groups (broad SMARTS) is 1. The van der Waals surface area contributed by atoms with Crippen LogP contribution in [0, 0.1) is 11.7 Å². The standard InChI is InChI=1S/C24H17FN2O5/c25-17-12-6-7-13-18(17)26-22(28)19-20(15-10-4-5-11-16(15)24(30)31)27(32-21(19)23(26)29)14-8-2-1-3-9-14/h1-13,19-21H,(H,30,31)/t19-,20-,21+/m1/s1. The number of carbonyl (C=O) groups is 3. The topological polar surface area (TPSA) is 87.2 Å². The number of anilines is 2. The van der Waals surface area contributed by atoms with Gasteiger partial charge in [-0.1, -0.05) is 48.5 Å². The van der Waals surface area contributed by atoms with E-state index in [0.717, 1.165) is 4.90 Å². The molecule has 1 N–H and O–H groups in total. The normalized spacial score (nSPS) is 22.3. The largest absolute Gasteiger partial charge is 0.478 e. The second-order valence-electron chi connectivity index (χ2n) is 7.51. The van der Waals surface area contributed by atoms with Crippen molar-refractivity contribution in [3.8, 4) is 0 Å². The molecule has 0 spiro atoms. The minimum Gasteiger partial charge on any atom is -0.478 e. The van der Waals surface area contributed by atoms with Crippen LogP contribution >= 0.6 is 0 Å². The summed E-state index contributed by atoms with van der Waals surface area (Å²) in [7, 11) is 0. The van der Waals surface area contributed by atoms with Gasteiger partial charge in [0.15, 0.2) is 6.10 Å². The first-order valence-electron chi connectivity index (χ1n) is 9.94. The van der Waals surface area contributed by atoms with Gasteiger partial charge in [0.1, 0.15) is 11.7 Å². The zero-order valence-electron chi connectivity index (χ0n) is 16.6. The number of carboxylic acids is 1. The van der Waals surface area contributed by atoms with E-state index < -0.39 is 41.7 Å². The van der Waals surface area contributed by atoms with Crippen LogP contribution in [0.4, 0.5) is 15.8 Å². The second-order valence-corrected chi connectivity index (χ2v) is 7.51. The number of aromatic carboxylic acids is 1. The van der Waals surface area contributed by atoms with Gasteiger partial charge in [-0.3, -0.25) is 14.4 Å². The molecule has 160 valence electrons. The van der Waals surface area contributed by atoms with Crippen molar-refractivity contribution in [2.45, 2.75) is 12.1 Å². The molecule has 0 aliphatic carbocycles. The van der Waals surface area contributed by atoms with Gasteiger partial charge in [0, 0.05) is 0 Å². The van der Waals surface area contributed by atoms with Crippen LogP contribution in [0.2, 0.25) is 0 Å². The number of benzene rings is 3. The predicted molar refractivity (Wildman–Crippen MR) is 112 cm³/mol. The minimum atomic E-state index is -1.21. The summed E-state index contributed by atoms with van der Waals surface area (Å²) >= 11 is 0. The molecular weight excluding hydrogens is 415 g/mol. The molecule has 5 rings (SSSR count). The maximum Gasteiger partial charge on any atom is 0.336 e. The molecule has 0 unspecified atom stereocenters. The van der Waals surface area contributed by atoms with E-state index in [4.69, 9.17) is 4.84 Å². The Hall–Kier alpha value is -4.04. The number of carbonyl (C=O) groups excluding carboxylic acids is 2. The van der Waals surface area contributed by atoms with E-state index in [0.29, 0.717) is 11.3 Å². The van der Waals surface area contributed by atoms with Crippen LogP contribution in [0.1, 0.15) is 22.0 Å². The first-order chi connectivity index (χ1) is 15.5. The van der Waals surface area contributed by atoms with Crippen molar-refractivity contribution in [1.29, 1.82) is 0 Å². The van der Waals surface area contributed by atoms with Crippen molar-refractivity contribution in [3.05, 3.63) is 95.8 Å². The lowest BCUT2D eigenvalue weighted by Gasteiger charge is -2.29. The molecule has 2 aliphatic heterocycles. The average Bonchev–Trinajstić information content (AvgIpc) is 3.31. The molecule has 0 aromatic heterocycles. The highest BCUT2D eigenvalue weighted by Gasteiger charge is 2.61. The fourth-order valence-electron chi connectivity index (χ4n) is 4.35. The summed E-state index contributed by atoms with van der Waals surface area (Å²) in [5.74, 6) is -4.27. The number of fused-ring (bicyclic) bond motifs is 1. The molecular formula is C24H17FN2O5. The fourth-order valence-corrected chi connectivity index (χ4v) is 4.35. The summed E-state index contributed by atoms with van der Waals surface area (Å²) in [6, 6.07) is 19.7. The Kier molecular flexibility index (Phi) is 4.71. The molecule has 0 saturated carbocycles. The summed E-state index contributed by atoms with van der Waals surface area (Å²) in [6.07, 6.45) is -1.21. The quantitative estimate of drug-likeness (QED) is 0.635. The Labute approximate surface area is 182 Å². The molecule has 2 aliphatic rings. The number of rotatable bonds is 4. The van der Waals surface area contributed by atoms with Crippen molar-refractivity contribution < 1.29 is 28.7 Å². The second kappa shape index (κ2) is 7.58. The first-order valence-corrected chi connectivity index (χ1v) is 9.94. The van der Waals surface area contributed by atoms with Crippen LogP contribution in [0.5, 0.6) is 0 Å². The minimum absolute atomic E-state index is 0.00716. The van der Waals surface area contributed by atoms with E-state index in [9.17, 15) is 23.9 Å². The van der Waals surface area contributed by atoms with Crippen LogP contribution in [0.25, 0.3) is 0 Å².